The molecule has 4 nitrogen and oxygen atoms in total. The zero-order valence-electron chi connectivity index (χ0n) is 12.3. The summed E-state index contributed by atoms with van der Waals surface area (Å²) in [6, 6.07) is 10.3. The SMILES string of the molecule is COc1ccc(C2=N/C(=C\c3ccc(Cl)cc3Cl)C(=O)O2)c(Br)c1. The summed E-state index contributed by atoms with van der Waals surface area (Å²) in [5, 5.41) is 0.944. The van der Waals surface area contributed by atoms with E-state index >= 15 is 0 Å². The smallest absolute Gasteiger partial charge is 0.363 e. The maximum absolute atomic E-state index is 12.1. The van der Waals surface area contributed by atoms with E-state index in [1.165, 1.54) is 0 Å². The summed E-state index contributed by atoms with van der Waals surface area (Å²) in [6.07, 6.45) is 1.56. The van der Waals surface area contributed by atoms with E-state index in [1.807, 2.05) is 0 Å². The second kappa shape index (κ2) is 6.97. The van der Waals surface area contributed by atoms with Crippen molar-refractivity contribution < 1.29 is 14.3 Å². The number of nitrogens with zero attached hydrogens (tertiary/aromatic N) is 1. The van der Waals surface area contributed by atoms with Gasteiger partial charge in [0, 0.05) is 14.5 Å². The number of cyclic esters (lactones) is 1. The lowest BCUT2D eigenvalue weighted by Gasteiger charge is -2.05. The molecule has 0 radical (unpaired) electrons. The number of carbonyl (C=O) groups excluding carboxylic acids is 1. The van der Waals surface area contributed by atoms with E-state index in [0.717, 1.165) is 0 Å². The van der Waals surface area contributed by atoms with Crippen molar-refractivity contribution in [1.82, 2.24) is 0 Å². The van der Waals surface area contributed by atoms with E-state index in [9.17, 15) is 4.79 Å². The fourth-order valence-electron chi connectivity index (χ4n) is 2.09. The second-order valence-electron chi connectivity index (χ2n) is 4.85. The predicted molar refractivity (Wildman–Crippen MR) is 97.8 cm³/mol. The van der Waals surface area contributed by atoms with Gasteiger partial charge in [0.2, 0.25) is 5.90 Å². The molecule has 0 saturated heterocycles. The van der Waals surface area contributed by atoms with Crippen LogP contribution in [-0.4, -0.2) is 19.0 Å². The summed E-state index contributed by atoms with van der Waals surface area (Å²) in [7, 11) is 1.57. The number of halogens is 3. The Morgan fingerprint density at radius 2 is 2.00 bits per heavy atom. The van der Waals surface area contributed by atoms with Crippen molar-refractivity contribution >= 4 is 57.1 Å². The van der Waals surface area contributed by atoms with Crippen LogP contribution in [0.15, 0.2) is 51.6 Å². The lowest BCUT2D eigenvalue weighted by Crippen LogP contribution is -2.06. The highest BCUT2D eigenvalue weighted by Crippen LogP contribution is 2.29. The first-order valence-corrected chi connectivity index (χ1v) is 8.34. The van der Waals surface area contributed by atoms with Gasteiger partial charge < -0.3 is 9.47 Å². The average Bonchev–Trinajstić information content (AvgIpc) is 2.90. The highest BCUT2D eigenvalue weighted by Gasteiger charge is 2.25. The molecule has 0 saturated carbocycles. The molecule has 0 unspecified atom stereocenters. The first kappa shape index (κ1) is 17.0. The molecule has 0 amide bonds. The number of aliphatic imine (C=N–C) groups is 1. The van der Waals surface area contributed by atoms with Gasteiger partial charge in [0.15, 0.2) is 5.70 Å². The van der Waals surface area contributed by atoms with Gasteiger partial charge >= 0.3 is 5.97 Å². The monoisotopic (exact) mass is 425 g/mol. The molecular formula is C17H10BrCl2NO3. The van der Waals surface area contributed by atoms with E-state index < -0.39 is 5.97 Å². The van der Waals surface area contributed by atoms with Crippen LogP contribution in [0.5, 0.6) is 5.75 Å². The third-order valence-electron chi connectivity index (χ3n) is 3.28. The molecule has 0 aliphatic carbocycles. The van der Waals surface area contributed by atoms with E-state index in [0.29, 0.717) is 31.4 Å². The quantitative estimate of drug-likeness (QED) is 0.506. The number of methoxy groups -OCH3 is 1. The van der Waals surface area contributed by atoms with Gasteiger partial charge in [0.25, 0.3) is 0 Å². The van der Waals surface area contributed by atoms with Crippen LogP contribution in [0.1, 0.15) is 11.1 Å². The number of carbonyl (C=O) groups is 1. The topological polar surface area (TPSA) is 47.9 Å². The Kier molecular flexibility index (Phi) is 4.94. The third kappa shape index (κ3) is 3.48. The molecule has 2 aromatic rings. The van der Waals surface area contributed by atoms with Gasteiger partial charge in [-0.05, 0) is 57.9 Å². The molecule has 0 bridgehead atoms. The van der Waals surface area contributed by atoms with E-state index in [2.05, 4.69) is 20.9 Å². The Bertz CT molecular complexity index is 893. The van der Waals surface area contributed by atoms with Crippen LogP contribution < -0.4 is 4.74 Å². The Morgan fingerprint density at radius 1 is 1.21 bits per heavy atom. The summed E-state index contributed by atoms with van der Waals surface area (Å²) in [4.78, 5) is 16.3. The zero-order valence-corrected chi connectivity index (χ0v) is 15.4. The highest BCUT2D eigenvalue weighted by molar-refractivity contribution is 9.10. The van der Waals surface area contributed by atoms with Crippen molar-refractivity contribution in [3.05, 3.63) is 67.7 Å². The first-order chi connectivity index (χ1) is 11.5. The van der Waals surface area contributed by atoms with Crippen LogP contribution in [0, 0.1) is 0 Å². The summed E-state index contributed by atoms with van der Waals surface area (Å²) < 4.78 is 11.1. The molecule has 3 rings (SSSR count). The highest BCUT2D eigenvalue weighted by atomic mass is 79.9. The van der Waals surface area contributed by atoms with Crippen molar-refractivity contribution in [2.24, 2.45) is 4.99 Å². The molecule has 0 aromatic heterocycles. The molecule has 1 heterocycles. The normalized spacial score (nSPS) is 15.4. The van der Waals surface area contributed by atoms with Crippen LogP contribution in [-0.2, 0) is 9.53 Å². The van der Waals surface area contributed by atoms with Crippen LogP contribution in [0.4, 0.5) is 0 Å². The largest absolute Gasteiger partial charge is 0.497 e. The lowest BCUT2D eigenvalue weighted by atomic mass is 10.2. The zero-order chi connectivity index (χ0) is 17.3. The van der Waals surface area contributed by atoms with Gasteiger partial charge in [0.1, 0.15) is 5.75 Å². The third-order valence-corrected chi connectivity index (χ3v) is 4.50. The standard InChI is InChI=1S/C17H10BrCl2NO3/c1-23-11-4-5-12(13(18)8-11)16-21-15(17(22)24-16)6-9-2-3-10(19)7-14(9)20/h2-8H,1H3/b15-6-. The summed E-state index contributed by atoms with van der Waals surface area (Å²) >= 11 is 15.4. The minimum atomic E-state index is -0.543. The average molecular weight is 427 g/mol. The summed E-state index contributed by atoms with van der Waals surface area (Å²) in [5.74, 6) is 0.351. The van der Waals surface area contributed by atoms with Gasteiger partial charge in [0.05, 0.1) is 12.7 Å². The molecule has 0 atom stereocenters. The molecule has 1 aliphatic rings. The molecular weight excluding hydrogens is 417 g/mol. The Morgan fingerprint density at radius 3 is 2.67 bits per heavy atom. The van der Waals surface area contributed by atoms with Gasteiger partial charge in [-0.2, -0.15) is 0 Å². The van der Waals surface area contributed by atoms with E-state index in [1.54, 1.807) is 49.6 Å². The molecule has 0 fully saturated rings. The van der Waals surface area contributed by atoms with Gasteiger partial charge in [-0.25, -0.2) is 9.79 Å². The number of hydrogen-bond donors (Lipinski definition) is 0. The van der Waals surface area contributed by atoms with E-state index in [4.69, 9.17) is 32.7 Å². The predicted octanol–water partition coefficient (Wildman–Crippen LogP) is 5.11. The lowest BCUT2D eigenvalue weighted by molar-refractivity contribution is -0.129. The summed E-state index contributed by atoms with van der Waals surface area (Å²) in [5.41, 5.74) is 1.44. The number of rotatable bonds is 3. The van der Waals surface area contributed by atoms with Crippen molar-refractivity contribution in [2.45, 2.75) is 0 Å². The molecule has 1 aliphatic heterocycles. The Balaban J connectivity index is 1.97. The van der Waals surface area contributed by atoms with Crippen molar-refractivity contribution in [3.63, 3.8) is 0 Å². The van der Waals surface area contributed by atoms with Crippen LogP contribution in [0.2, 0.25) is 10.0 Å². The fraction of sp³-hybridized carbons (Fsp3) is 0.0588. The van der Waals surface area contributed by atoms with Crippen molar-refractivity contribution in [3.8, 4) is 5.75 Å². The van der Waals surface area contributed by atoms with Crippen LogP contribution in [0.3, 0.4) is 0 Å². The van der Waals surface area contributed by atoms with Crippen LogP contribution in [0.25, 0.3) is 6.08 Å². The van der Waals surface area contributed by atoms with Crippen LogP contribution >= 0.6 is 39.1 Å². The number of esters is 1. The molecule has 0 spiro atoms. The minimum absolute atomic E-state index is 0.164. The van der Waals surface area contributed by atoms with Gasteiger partial charge in [-0.1, -0.05) is 29.3 Å². The number of benzene rings is 2. The van der Waals surface area contributed by atoms with Crippen molar-refractivity contribution in [1.29, 1.82) is 0 Å². The van der Waals surface area contributed by atoms with Gasteiger partial charge in [-0.15, -0.1) is 0 Å². The molecule has 122 valence electrons. The maximum atomic E-state index is 12.1. The molecule has 7 heteroatoms. The summed E-state index contributed by atoms with van der Waals surface area (Å²) in [6.45, 7) is 0. The van der Waals surface area contributed by atoms with E-state index in [-0.39, 0.29) is 11.6 Å². The number of hydrogen-bond acceptors (Lipinski definition) is 4. The molecule has 0 N–H and O–H groups in total. The second-order valence-corrected chi connectivity index (χ2v) is 6.55. The fourth-order valence-corrected chi connectivity index (χ4v) is 3.08. The number of ether oxygens (including phenoxy) is 2. The maximum Gasteiger partial charge on any atom is 0.363 e. The Labute approximate surface area is 156 Å². The van der Waals surface area contributed by atoms with Gasteiger partial charge in [-0.3, -0.25) is 0 Å². The Hall–Kier alpha value is -1.82. The van der Waals surface area contributed by atoms with Crippen molar-refractivity contribution in [2.75, 3.05) is 7.11 Å². The first-order valence-electron chi connectivity index (χ1n) is 6.79. The molecule has 2 aromatic carbocycles. The molecule has 24 heavy (non-hydrogen) atoms. The minimum Gasteiger partial charge on any atom is -0.497 e.